The molecule has 2 atom stereocenters. The van der Waals surface area contributed by atoms with E-state index in [4.69, 9.17) is 9.47 Å². The van der Waals surface area contributed by atoms with Crippen LogP contribution < -0.4 is 25.6 Å². The summed E-state index contributed by atoms with van der Waals surface area (Å²) in [6.45, 7) is 4.47. The van der Waals surface area contributed by atoms with Crippen LogP contribution in [0.1, 0.15) is 35.0 Å². The van der Waals surface area contributed by atoms with E-state index in [1.807, 2.05) is 67.1 Å². The molecule has 8 nitrogen and oxygen atoms in total. The van der Waals surface area contributed by atoms with Gasteiger partial charge in [0.2, 0.25) is 5.91 Å². The third kappa shape index (κ3) is 4.61. The zero-order chi connectivity index (χ0) is 22.7. The Morgan fingerprint density at radius 3 is 2.56 bits per heavy atom. The number of benzene rings is 2. The van der Waals surface area contributed by atoms with Gasteiger partial charge < -0.3 is 14.8 Å². The van der Waals surface area contributed by atoms with Crippen LogP contribution >= 0.6 is 0 Å². The molecule has 0 spiro atoms. The normalized spacial score (nSPS) is 17.9. The highest BCUT2D eigenvalue weighted by Gasteiger charge is 2.31. The van der Waals surface area contributed by atoms with Crippen LogP contribution in [0.25, 0.3) is 0 Å². The highest BCUT2D eigenvalue weighted by molar-refractivity contribution is 5.96. The Hall–Kier alpha value is -3.36. The van der Waals surface area contributed by atoms with Gasteiger partial charge in [-0.3, -0.25) is 9.48 Å². The lowest BCUT2D eigenvalue weighted by Crippen LogP contribution is -2.39. The summed E-state index contributed by atoms with van der Waals surface area (Å²) in [5, 5.41) is 7.70. The van der Waals surface area contributed by atoms with Gasteiger partial charge in [-0.05, 0) is 55.7 Å². The molecule has 1 aliphatic rings. The van der Waals surface area contributed by atoms with Gasteiger partial charge >= 0.3 is 0 Å². The van der Waals surface area contributed by atoms with Gasteiger partial charge in [-0.25, -0.2) is 10.9 Å². The van der Waals surface area contributed by atoms with Gasteiger partial charge in [0.25, 0.3) is 0 Å². The summed E-state index contributed by atoms with van der Waals surface area (Å²) >= 11 is 0. The van der Waals surface area contributed by atoms with Crippen molar-refractivity contribution in [3.63, 3.8) is 0 Å². The van der Waals surface area contributed by atoms with Gasteiger partial charge in [0, 0.05) is 6.04 Å². The Kier molecular flexibility index (Phi) is 6.43. The van der Waals surface area contributed by atoms with E-state index in [1.165, 1.54) is 0 Å². The average molecular weight is 436 g/mol. The fourth-order valence-electron chi connectivity index (χ4n) is 3.99. The minimum atomic E-state index is -0.355. The number of ether oxygens (including phenoxy) is 2. The molecule has 3 aromatic rings. The lowest BCUT2D eigenvalue weighted by Gasteiger charge is -2.12. The number of methoxy groups -OCH3 is 2. The van der Waals surface area contributed by atoms with Crippen molar-refractivity contribution in [2.45, 2.75) is 38.9 Å². The molecule has 0 aliphatic carbocycles. The molecular formula is C24H29N5O3. The van der Waals surface area contributed by atoms with Gasteiger partial charge in [-0.2, -0.15) is 5.10 Å². The van der Waals surface area contributed by atoms with Crippen LogP contribution in [0.4, 0.5) is 5.69 Å². The molecule has 4 rings (SSSR count). The highest BCUT2D eigenvalue weighted by Crippen LogP contribution is 2.27. The topological polar surface area (TPSA) is 89.4 Å². The van der Waals surface area contributed by atoms with E-state index in [2.05, 4.69) is 21.3 Å². The Morgan fingerprint density at radius 1 is 1.09 bits per heavy atom. The molecule has 0 bridgehead atoms. The van der Waals surface area contributed by atoms with Crippen molar-refractivity contribution in [3.8, 4) is 11.5 Å². The quantitative estimate of drug-likeness (QED) is 0.528. The fourth-order valence-corrected chi connectivity index (χ4v) is 3.99. The first-order valence-corrected chi connectivity index (χ1v) is 10.6. The molecule has 168 valence electrons. The maximum atomic E-state index is 13.0. The van der Waals surface area contributed by atoms with E-state index in [0.29, 0.717) is 13.0 Å². The van der Waals surface area contributed by atoms with Gasteiger partial charge in [-0.15, -0.1) is 0 Å². The second-order valence-corrected chi connectivity index (χ2v) is 7.95. The van der Waals surface area contributed by atoms with E-state index in [-0.39, 0.29) is 18.0 Å². The second kappa shape index (κ2) is 9.42. The minimum absolute atomic E-state index is 0.0267. The maximum absolute atomic E-state index is 13.0. The predicted molar refractivity (Wildman–Crippen MR) is 123 cm³/mol. The van der Waals surface area contributed by atoms with Gasteiger partial charge in [0.1, 0.15) is 17.5 Å². The number of amides is 1. The van der Waals surface area contributed by atoms with Crippen LogP contribution in [0.15, 0.2) is 48.5 Å². The standard InChI is InChI=1S/C24H29N5O3/c1-15-23(16(2)29(28-15)14-17-7-5-9-19(11-17)31-3)25-24(30)22-13-21(26-27-22)18-8-6-10-20(12-18)32-4/h5-12,21-22,26-27H,13-14H2,1-4H3,(H,25,30). The van der Waals surface area contributed by atoms with E-state index in [0.717, 1.165) is 39.7 Å². The Morgan fingerprint density at radius 2 is 1.81 bits per heavy atom. The average Bonchev–Trinajstić information content (AvgIpc) is 3.41. The summed E-state index contributed by atoms with van der Waals surface area (Å²) in [5.41, 5.74) is 10.9. The Balaban J connectivity index is 1.43. The number of rotatable bonds is 7. The van der Waals surface area contributed by atoms with Crippen molar-refractivity contribution in [3.05, 3.63) is 71.0 Å². The third-order valence-corrected chi connectivity index (χ3v) is 5.81. The number of nitrogens with one attached hydrogen (secondary N) is 3. The lowest BCUT2D eigenvalue weighted by atomic mass is 10.0. The number of carbonyl (C=O) groups excluding carboxylic acids is 1. The number of hydrogen-bond acceptors (Lipinski definition) is 6. The highest BCUT2D eigenvalue weighted by atomic mass is 16.5. The molecule has 1 aromatic heterocycles. The van der Waals surface area contributed by atoms with Gasteiger partial charge in [0.15, 0.2) is 0 Å². The molecule has 2 heterocycles. The third-order valence-electron chi connectivity index (χ3n) is 5.81. The van der Waals surface area contributed by atoms with Crippen LogP contribution in [0, 0.1) is 13.8 Å². The summed E-state index contributed by atoms with van der Waals surface area (Å²) in [5.74, 6) is 1.52. The van der Waals surface area contributed by atoms with Crippen LogP contribution in [-0.4, -0.2) is 35.9 Å². The number of hydrogen-bond donors (Lipinski definition) is 3. The number of hydrazine groups is 1. The van der Waals surface area contributed by atoms with Gasteiger partial charge in [0.05, 0.1) is 37.8 Å². The van der Waals surface area contributed by atoms with Crippen LogP contribution in [0.5, 0.6) is 11.5 Å². The van der Waals surface area contributed by atoms with E-state index in [1.54, 1.807) is 14.2 Å². The monoisotopic (exact) mass is 435 g/mol. The molecule has 0 saturated carbocycles. The summed E-state index contributed by atoms with van der Waals surface area (Å²) in [4.78, 5) is 13.0. The summed E-state index contributed by atoms with van der Waals surface area (Å²) in [6.07, 6.45) is 0.634. The lowest BCUT2D eigenvalue weighted by molar-refractivity contribution is -0.117. The Labute approximate surface area is 187 Å². The largest absolute Gasteiger partial charge is 0.497 e. The number of carbonyl (C=O) groups is 1. The molecule has 1 saturated heterocycles. The smallest absolute Gasteiger partial charge is 0.243 e. The number of aryl methyl sites for hydroxylation is 1. The summed E-state index contributed by atoms with van der Waals surface area (Å²) in [7, 11) is 3.30. The molecule has 0 radical (unpaired) electrons. The van der Waals surface area contributed by atoms with Crippen molar-refractivity contribution >= 4 is 11.6 Å². The molecule has 8 heteroatoms. The molecule has 32 heavy (non-hydrogen) atoms. The van der Waals surface area contributed by atoms with E-state index >= 15 is 0 Å². The summed E-state index contributed by atoms with van der Waals surface area (Å²) in [6, 6.07) is 15.4. The molecule has 2 aromatic carbocycles. The first-order chi connectivity index (χ1) is 15.5. The summed E-state index contributed by atoms with van der Waals surface area (Å²) < 4.78 is 12.5. The van der Waals surface area contributed by atoms with Crippen molar-refractivity contribution in [2.75, 3.05) is 19.5 Å². The van der Waals surface area contributed by atoms with E-state index in [9.17, 15) is 4.79 Å². The van der Waals surface area contributed by atoms with Crippen LogP contribution in [0.3, 0.4) is 0 Å². The van der Waals surface area contributed by atoms with Crippen LogP contribution in [0.2, 0.25) is 0 Å². The number of anilines is 1. The molecule has 1 aliphatic heterocycles. The molecular weight excluding hydrogens is 406 g/mol. The zero-order valence-electron chi connectivity index (χ0n) is 18.8. The Bertz CT molecular complexity index is 1110. The maximum Gasteiger partial charge on any atom is 0.243 e. The van der Waals surface area contributed by atoms with Crippen molar-refractivity contribution in [2.24, 2.45) is 0 Å². The first-order valence-electron chi connectivity index (χ1n) is 10.6. The predicted octanol–water partition coefficient (Wildman–Crippen LogP) is 3.11. The SMILES string of the molecule is COc1cccc(Cn2nc(C)c(NC(=O)C3CC(c4cccc(OC)c4)NN3)c2C)c1. The second-order valence-electron chi connectivity index (χ2n) is 7.95. The zero-order valence-corrected chi connectivity index (χ0v) is 18.8. The molecule has 3 N–H and O–H groups in total. The number of nitrogens with zero attached hydrogens (tertiary/aromatic N) is 2. The number of aromatic nitrogens is 2. The van der Waals surface area contributed by atoms with Crippen molar-refractivity contribution in [1.82, 2.24) is 20.6 Å². The molecule has 2 unspecified atom stereocenters. The first kappa shape index (κ1) is 21.9. The van der Waals surface area contributed by atoms with Crippen molar-refractivity contribution in [1.29, 1.82) is 0 Å². The van der Waals surface area contributed by atoms with Crippen LogP contribution in [-0.2, 0) is 11.3 Å². The van der Waals surface area contributed by atoms with Gasteiger partial charge in [-0.1, -0.05) is 24.3 Å². The fraction of sp³-hybridized carbons (Fsp3) is 0.333. The van der Waals surface area contributed by atoms with Crippen molar-refractivity contribution < 1.29 is 14.3 Å². The van der Waals surface area contributed by atoms with E-state index < -0.39 is 0 Å². The minimum Gasteiger partial charge on any atom is -0.497 e. The molecule has 1 fully saturated rings. The molecule has 1 amide bonds.